The van der Waals surface area contributed by atoms with Crippen molar-refractivity contribution < 1.29 is 45.6 Å². The summed E-state index contributed by atoms with van der Waals surface area (Å²) in [6.45, 7) is 6.37. The Morgan fingerprint density at radius 3 is 2.58 bits per heavy atom. The first-order valence-corrected chi connectivity index (χ1v) is 15.4. The Bertz CT molecular complexity index is 1190. The summed E-state index contributed by atoms with van der Waals surface area (Å²) >= 11 is 1.32. The highest BCUT2D eigenvalue weighted by Crippen LogP contribution is 2.61. The van der Waals surface area contributed by atoms with Crippen molar-refractivity contribution in [3.63, 3.8) is 0 Å². The molecule has 9 nitrogen and oxygen atoms in total. The predicted molar refractivity (Wildman–Crippen MR) is 133 cm³/mol. The van der Waals surface area contributed by atoms with Gasteiger partial charge in [-0.3, -0.25) is 18.9 Å². The van der Waals surface area contributed by atoms with Crippen molar-refractivity contribution >= 4 is 39.7 Å². The highest BCUT2D eigenvalue weighted by molar-refractivity contribution is 8.01. The zero-order valence-electron chi connectivity index (χ0n) is 21.6. The number of carbonyl (C=O) groups is 3. The number of rotatable bonds is 7. The average molecular weight is 578 g/mol. The third-order valence-electron chi connectivity index (χ3n) is 8.83. The van der Waals surface area contributed by atoms with Gasteiger partial charge >= 0.3 is 27.3 Å². The number of halogens is 2. The summed E-state index contributed by atoms with van der Waals surface area (Å²) in [5.74, 6) is -3.70. The molecule has 1 N–H and O–H groups in total. The number of hydrogen-bond donors (Lipinski definition) is 1. The molecule has 3 heterocycles. The lowest BCUT2D eigenvalue weighted by molar-refractivity contribution is -0.174. The number of allylic oxidation sites excluding steroid dienone is 2. The van der Waals surface area contributed by atoms with Gasteiger partial charge in [-0.05, 0) is 58.8 Å². The number of amides is 1. The summed E-state index contributed by atoms with van der Waals surface area (Å²) < 4.78 is 70.5. The van der Waals surface area contributed by atoms with Crippen LogP contribution in [0, 0.1) is 23.2 Å². The minimum Gasteiger partial charge on any atom is -0.458 e. The van der Waals surface area contributed by atoms with Gasteiger partial charge in [0.1, 0.15) is 6.10 Å². The molecule has 0 aromatic carbocycles. The number of alkyl halides is 2. The van der Waals surface area contributed by atoms with Crippen LogP contribution < -0.4 is 0 Å². The van der Waals surface area contributed by atoms with E-state index in [0.717, 1.165) is 12.8 Å². The lowest BCUT2D eigenvalue weighted by Gasteiger charge is -2.43. The summed E-state index contributed by atoms with van der Waals surface area (Å²) in [6.07, 6.45) is 2.68. The number of fused-ring (bicyclic) bond motifs is 3. The van der Waals surface area contributed by atoms with Gasteiger partial charge in [-0.15, -0.1) is 11.8 Å². The van der Waals surface area contributed by atoms with Crippen molar-refractivity contribution in [3.05, 3.63) is 11.6 Å². The Hall–Kier alpha value is -1.73. The molecule has 0 spiro atoms. The Labute approximate surface area is 224 Å². The number of ether oxygens (including phenoxy) is 2. The SMILES string of the molecule is CC1C=C2CCCC(C(=O)OC3C4SC5C(C(=O)N(C(C)C)C35)C4C(=O)OC(C)C(F)(F)S(=O)(=O)O)(C2)C1. The predicted octanol–water partition coefficient (Wildman–Crippen LogP) is 3.19. The molecule has 5 aliphatic rings. The number of carbonyl (C=O) groups excluding carboxylic acids is 3. The Balaban J connectivity index is 1.43. The minimum absolute atomic E-state index is 0.222. The molecule has 212 valence electrons. The first kappa shape index (κ1) is 27.8. The zero-order valence-corrected chi connectivity index (χ0v) is 23.3. The molecule has 3 saturated heterocycles. The van der Waals surface area contributed by atoms with Crippen LogP contribution in [-0.2, 0) is 34.0 Å². The fourth-order valence-corrected chi connectivity index (χ4v) is 9.91. The summed E-state index contributed by atoms with van der Waals surface area (Å²) in [6, 6.07) is -0.710. The second kappa shape index (κ2) is 9.15. The van der Waals surface area contributed by atoms with E-state index in [2.05, 4.69) is 13.0 Å². The van der Waals surface area contributed by atoms with E-state index in [1.807, 2.05) is 13.8 Å². The molecule has 1 saturated carbocycles. The molecule has 9 atom stereocenters. The van der Waals surface area contributed by atoms with Crippen molar-refractivity contribution in [3.8, 4) is 0 Å². The number of likely N-dealkylation sites (tertiary alicyclic amines) is 1. The average Bonchev–Trinajstić information content (AvgIpc) is 3.40. The maximum atomic E-state index is 14.1. The second-order valence-electron chi connectivity index (χ2n) is 11.7. The first-order chi connectivity index (χ1) is 17.6. The van der Waals surface area contributed by atoms with E-state index in [1.54, 1.807) is 4.90 Å². The molecular weight excluding hydrogens is 544 g/mol. The van der Waals surface area contributed by atoms with Crippen molar-refractivity contribution in [2.24, 2.45) is 23.2 Å². The summed E-state index contributed by atoms with van der Waals surface area (Å²) in [7, 11) is -5.84. The normalized spacial score (nSPS) is 38.8. The Morgan fingerprint density at radius 2 is 1.95 bits per heavy atom. The van der Waals surface area contributed by atoms with Gasteiger partial charge < -0.3 is 14.4 Å². The summed E-state index contributed by atoms with van der Waals surface area (Å²) in [4.78, 5) is 42.0. The van der Waals surface area contributed by atoms with E-state index in [1.165, 1.54) is 17.3 Å². The van der Waals surface area contributed by atoms with Crippen LogP contribution >= 0.6 is 11.8 Å². The van der Waals surface area contributed by atoms with Gasteiger partial charge in [0.2, 0.25) is 5.91 Å². The molecule has 0 aromatic heterocycles. The Kier molecular flexibility index (Phi) is 6.70. The van der Waals surface area contributed by atoms with E-state index >= 15 is 0 Å². The molecule has 3 aliphatic heterocycles. The molecule has 4 fully saturated rings. The van der Waals surface area contributed by atoms with Crippen molar-refractivity contribution in [1.82, 2.24) is 4.90 Å². The largest absolute Gasteiger partial charge is 0.458 e. The number of thioether (sulfide) groups is 1. The fraction of sp³-hybridized carbons (Fsp3) is 0.800. The van der Waals surface area contributed by atoms with Gasteiger partial charge in [0.15, 0.2) is 6.10 Å². The molecule has 0 radical (unpaired) electrons. The van der Waals surface area contributed by atoms with Crippen LogP contribution in [0.4, 0.5) is 8.78 Å². The number of nitrogens with zero attached hydrogens (tertiary/aromatic N) is 1. The fourth-order valence-electron chi connectivity index (χ4n) is 7.36. The lowest BCUT2D eigenvalue weighted by Crippen LogP contribution is -2.54. The molecule has 1 amide bonds. The topological polar surface area (TPSA) is 127 Å². The molecule has 2 aliphatic carbocycles. The third kappa shape index (κ3) is 4.09. The van der Waals surface area contributed by atoms with E-state index in [9.17, 15) is 31.6 Å². The molecule has 5 rings (SSSR count). The van der Waals surface area contributed by atoms with E-state index < -0.39 is 67.3 Å². The van der Waals surface area contributed by atoms with Crippen LogP contribution in [0.5, 0.6) is 0 Å². The van der Waals surface area contributed by atoms with Crippen LogP contribution in [0.25, 0.3) is 0 Å². The van der Waals surface area contributed by atoms with Crippen molar-refractivity contribution in [1.29, 1.82) is 0 Å². The second-order valence-corrected chi connectivity index (χ2v) is 14.6. The molecule has 13 heteroatoms. The minimum atomic E-state index is -5.84. The van der Waals surface area contributed by atoms with Gasteiger partial charge in [0.25, 0.3) is 0 Å². The van der Waals surface area contributed by atoms with Crippen LogP contribution in [-0.4, -0.2) is 75.8 Å². The Morgan fingerprint density at radius 1 is 1.26 bits per heavy atom. The smallest absolute Gasteiger partial charge is 0.405 e. The van der Waals surface area contributed by atoms with Gasteiger partial charge in [-0.25, -0.2) is 0 Å². The summed E-state index contributed by atoms with van der Waals surface area (Å²) in [5, 5.41) is -5.83. The van der Waals surface area contributed by atoms with Crippen LogP contribution in [0.1, 0.15) is 59.8 Å². The van der Waals surface area contributed by atoms with Crippen LogP contribution in [0.15, 0.2) is 11.6 Å². The lowest BCUT2D eigenvalue weighted by atomic mass is 9.63. The van der Waals surface area contributed by atoms with E-state index in [-0.39, 0.29) is 23.8 Å². The third-order valence-corrected chi connectivity index (χ3v) is 11.6. The van der Waals surface area contributed by atoms with Gasteiger partial charge in [0.05, 0.1) is 28.5 Å². The van der Waals surface area contributed by atoms with Crippen LogP contribution in [0.3, 0.4) is 0 Å². The van der Waals surface area contributed by atoms with Gasteiger partial charge in [0, 0.05) is 11.3 Å². The highest BCUT2D eigenvalue weighted by atomic mass is 32.2. The molecule has 0 aromatic rings. The summed E-state index contributed by atoms with van der Waals surface area (Å²) in [5.41, 5.74) is 0.574. The van der Waals surface area contributed by atoms with Gasteiger partial charge in [-0.1, -0.05) is 18.6 Å². The van der Waals surface area contributed by atoms with Crippen molar-refractivity contribution in [2.45, 2.75) is 99.8 Å². The van der Waals surface area contributed by atoms with Crippen LogP contribution in [0.2, 0.25) is 0 Å². The highest BCUT2D eigenvalue weighted by Gasteiger charge is 2.72. The van der Waals surface area contributed by atoms with Crippen molar-refractivity contribution in [2.75, 3.05) is 0 Å². The standard InChI is InChI=1S/C25H33F2NO8S2/c1-11(2)28-17-18(36-23(31)24-7-5-6-14(10-24)8-12(3)9-24)20-16(15(21(28)29)19(17)37-20)22(30)35-13(4)25(26,27)38(32,33)34/h8,11-13,15-20H,5-7,9-10H2,1-4H3,(H,32,33,34). The maximum absolute atomic E-state index is 14.1. The first-order valence-electron chi connectivity index (χ1n) is 13.0. The maximum Gasteiger partial charge on any atom is 0.405 e. The molecular formula is C25H33F2NO8S2. The monoisotopic (exact) mass is 577 g/mol. The molecule has 4 bridgehead atoms. The molecule has 38 heavy (non-hydrogen) atoms. The number of esters is 2. The van der Waals surface area contributed by atoms with E-state index in [0.29, 0.717) is 26.2 Å². The molecule has 9 unspecified atom stereocenters. The van der Waals surface area contributed by atoms with E-state index in [4.69, 9.17) is 14.0 Å². The van der Waals surface area contributed by atoms with Gasteiger partial charge in [-0.2, -0.15) is 17.2 Å². The number of hydrogen-bond acceptors (Lipinski definition) is 8. The quantitative estimate of drug-likeness (QED) is 0.276. The zero-order chi connectivity index (χ0) is 27.9.